The van der Waals surface area contributed by atoms with Gasteiger partial charge in [0.05, 0.1) is 18.1 Å². The molecule has 3 nitrogen and oxygen atoms in total. The van der Waals surface area contributed by atoms with Gasteiger partial charge >= 0.3 is 0 Å². The number of carbonyl (C=O) groups excluding carboxylic acids is 1. The molecule has 0 spiro atoms. The standard InChI is InChI=1S/C8H11NO2/c1-2-8-3-5(8)6(4-10)9-7(8)11/h2,5-6,10H,1,3-4H2,(H,9,11)/t5-,6+,8?/m0/s1. The maximum Gasteiger partial charge on any atom is 0.230 e. The number of hydrogen-bond donors (Lipinski definition) is 2. The molecule has 0 aromatic heterocycles. The number of aliphatic hydroxyl groups is 1. The highest BCUT2D eigenvalue weighted by molar-refractivity contribution is 5.91. The van der Waals surface area contributed by atoms with Crippen LogP contribution in [0.5, 0.6) is 0 Å². The minimum Gasteiger partial charge on any atom is -0.394 e. The summed E-state index contributed by atoms with van der Waals surface area (Å²) < 4.78 is 0. The van der Waals surface area contributed by atoms with Gasteiger partial charge in [-0.05, 0) is 6.42 Å². The Balaban J connectivity index is 2.22. The number of hydrogen-bond acceptors (Lipinski definition) is 2. The Morgan fingerprint density at radius 2 is 2.64 bits per heavy atom. The van der Waals surface area contributed by atoms with Crippen LogP contribution < -0.4 is 5.32 Å². The summed E-state index contributed by atoms with van der Waals surface area (Å²) in [6, 6.07) is -0.0273. The molecule has 1 saturated heterocycles. The van der Waals surface area contributed by atoms with E-state index in [0.717, 1.165) is 6.42 Å². The van der Waals surface area contributed by atoms with Gasteiger partial charge in [0.1, 0.15) is 0 Å². The van der Waals surface area contributed by atoms with Crippen LogP contribution in [0.1, 0.15) is 6.42 Å². The Hall–Kier alpha value is -0.830. The SMILES string of the molecule is C=CC12C[C@H]1[C@@H](CO)NC2=O. The zero-order valence-corrected chi connectivity index (χ0v) is 6.21. The number of nitrogens with one attached hydrogen (secondary N) is 1. The molecule has 1 unspecified atom stereocenters. The van der Waals surface area contributed by atoms with E-state index < -0.39 is 0 Å². The monoisotopic (exact) mass is 153 g/mol. The molecule has 0 aromatic rings. The van der Waals surface area contributed by atoms with Gasteiger partial charge < -0.3 is 10.4 Å². The van der Waals surface area contributed by atoms with E-state index in [9.17, 15) is 4.79 Å². The van der Waals surface area contributed by atoms with E-state index in [1.165, 1.54) is 0 Å². The highest BCUT2D eigenvalue weighted by Crippen LogP contribution is 2.59. The molecular formula is C8H11NO2. The van der Waals surface area contributed by atoms with Crippen LogP contribution in [-0.2, 0) is 4.79 Å². The Bertz CT molecular complexity index is 226. The van der Waals surface area contributed by atoms with Gasteiger partial charge in [-0.15, -0.1) is 6.58 Å². The molecule has 60 valence electrons. The van der Waals surface area contributed by atoms with Gasteiger partial charge in [0.2, 0.25) is 5.91 Å². The summed E-state index contributed by atoms with van der Waals surface area (Å²) in [5.41, 5.74) is -0.312. The molecular weight excluding hydrogens is 142 g/mol. The lowest BCUT2D eigenvalue weighted by Crippen LogP contribution is -2.34. The van der Waals surface area contributed by atoms with Crippen molar-refractivity contribution in [3.05, 3.63) is 12.7 Å². The zero-order valence-electron chi connectivity index (χ0n) is 6.21. The van der Waals surface area contributed by atoms with Crippen molar-refractivity contribution in [2.45, 2.75) is 12.5 Å². The van der Waals surface area contributed by atoms with Crippen molar-refractivity contribution in [1.82, 2.24) is 5.32 Å². The highest BCUT2D eigenvalue weighted by atomic mass is 16.3. The Morgan fingerprint density at radius 1 is 1.91 bits per heavy atom. The van der Waals surface area contributed by atoms with Gasteiger partial charge in [0.15, 0.2) is 0 Å². The van der Waals surface area contributed by atoms with Gasteiger partial charge in [0.25, 0.3) is 0 Å². The molecule has 1 amide bonds. The molecule has 0 bridgehead atoms. The number of amides is 1. The second-order valence-corrected chi connectivity index (χ2v) is 3.32. The van der Waals surface area contributed by atoms with Crippen molar-refractivity contribution in [3.63, 3.8) is 0 Å². The molecule has 2 fully saturated rings. The molecule has 1 aliphatic heterocycles. The largest absolute Gasteiger partial charge is 0.394 e. The maximum absolute atomic E-state index is 11.2. The summed E-state index contributed by atoms with van der Waals surface area (Å²) in [7, 11) is 0. The van der Waals surface area contributed by atoms with Gasteiger partial charge in [-0.3, -0.25) is 4.79 Å². The van der Waals surface area contributed by atoms with Crippen molar-refractivity contribution >= 4 is 5.91 Å². The zero-order chi connectivity index (χ0) is 8.06. The van der Waals surface area contributed by atoms with Gasteiger partial charge in [-0.25, -0.2) is 0 Å². The first-order valence-electron chi connectivity index (χ1n) is 3.80. The third kappa shape index (κ3) is 0.639. The molecule has 3 atom stereocenters. The molecule has 1 saturated carbocycles. The molecule has 1 aliphatic carbocycles. The molecule has 2 aliphatic rings. The predicted octanol–water partition coefficient (Wildman–Crippen LogP) is -0.331. The van der Waals surface area contributed by atoms with Crippen molar-refractivity contribution in [1.29, 1.82) is 0 Å². The molecule has 2 rings (SSSR count). The van der Waals surface area contributed by atoms with E-state index in [1.54, 1.807) is 6.08 Å². The van der Waals surface area contributed by atoms with Crippen LogP contribution in [0.2, 0.25) is 0 Å². The van der Waals surface area contributed by atoms with E-state index in [2.05, 4.69) is 11.9 Å². The fraction of sp³-hybridized carbons (Fsp3) is 0.625. The number of rotatable bonds is 2. The lowest BCUT2D eigenvalue weighted by atomic mass is 10.1. The van der Waals surface area contributed by atoms with Crippen LogP contribution >= 0.6 is 0 Å². The van der Waals surface area contributed by atoms with Gasteiger partial charge in [-0.1, -0.05) is 6.08 Å². The Morgan fingerprint density at radius 3 is 2.91 bits per heavy atom. The van der Waals surface area contributed by atoms with E-state index in [0.29, 0.717) is 5.92 Å². The average Bonchev–Trinajstić information content (AvgIpc) is 2.70. The van der Waals surface area contributed by atoms with E-state index >= 15 is 0 Å². The lowest BCUT2D eigenvalue weighted by molar-refractivity contribution is -0.123. The van der Waals surface area contributed by atoms with Crippen LogP contribution in [0, 0.1) is 11.3 Å². The highest BCUT2D eigenvalue weighted by Gasteiger charge is 2.65. The number of aliphatic hydroxyl groups excluding tert-OH is 1. The maximum atomic E-state index is 11.2. The van der Waals surface area contributed by atoms with Crippen LogP contribution in [-0.4, -0.2) is 23.7 Å². The van der Waals surface area contributed by atoms with Crippen molar-refractivity contribution in [3.8, 4) is 0 Å². The fourth-order valence-electron chi connectivity index (χ4n) is 1.97. The number of carbonyl (C=O) groups is 1. The number of piperidine rings is 1. The summed E-state index contributed by atoms with van der Waals surface area (Å²) in [5, 5.41) is 11.6. The first-order valence-corrected chi connectivity index (χ1v) is 3.80. The minimum atomic E-state index is -0.312. The van der Waals surface area contributed by atoms with Gasteiger partial charge in [-0.2, -0.15) is 0 Å². The van der Waals surface area contributed by atoms with Crippen molar-refractivity contribution in [2.24, 2.45) is 11.3 Å². The van der Waals surface area contributed by atoms with Crippen molar-refractivity contribution in [2.75, 3.05) is 6.61 Å². The first-order chi connectivity index (χ1) is 5.24. The summed E-state index contributed by atoms with van der Waals surface area (Å²) in [5.74, 6) is 0.342. The van der Waals surface area contributed by atoms with Crippen LogP contribution in [0.4, 0.5) is 0 Å². The Kier molecular flexibility index (Phi) is 1.16. The fourth-order valence-corrected chi connectivity index (χ4v) is 1.97. The molecule has 11 heavy (non-hydrogen) atoms. The Labute approximate surface area is 65.1 Å². The smallest absolute Gasteiger partial charge is 0.230 e. The third-order valence-corrected chi connectivity index (χ3v) is 2.85. The first kappa shape index (κ1) is 6.85. The summed E-state index contributed by atoms with van der Waals surface area (Å²) in [6.45, 7) is 3.68. The average molecular weight is 153 g/mol. The van der Waals surface area contributed by atoms with Crippen LogP contribution in [0.15, 0.2) is 12.7 Å². The molecule has 2 N–H and O–H groups in total. The normalized spacial score (nSPS) is 46.5. The molecule has 0 radical (unpaired) electrons. The second kappa shape index (κ2) is 1.85. The quantitative estimate of drug-likeness (QED) is 0.534. The molecule has 0 aromatic carbocycles. The lowest BCUT2D eigenvalue weighted by Gasteiger charge is -2.07. The number of fused-ring (bicyclic) bond motifs is 1. The van der Waals surface area contributed by atoms with E-state index in [4.69, 9.17) is 5.11 Å². The third-order valence-electron chi connectivity index (χ3n) is 2.85. The minimum absolute atomic E-state index is 0.0273. The van der Waals surface area contributed by atoms with Crippen LogP contribution in [0.25, 0.3) is 0 Å². The van der Waals surface area contributed by atoms with Gasteiger partial charge in [0, 0.05) is 5.92 Å². The van der Waals surface area contributed by atoms with E-state index in [1.807, 2.05) is 0 Å². The summed E-state index contributed by atoms with van der Waals surface area (Å²) >= 11 is 0. The predicted molar refractivity (Wildman–Crippen MR) is 39.8 cm³/mol. The summed E-state index contributed by atoms with van der Waals surface area (Å²) in [6.07, 6.45) is 2.58. The van der Waals surface area contributed by atoms with Crippen LogP contribution in [0.3, 0.4) is 0 Å². The van der Waals surface area contributed by atoms with E-state index in [-0.39, 0.29) is 24.0 Å². The molecule has 1 heterocycles. The second-order valence-electron chi connectivity index (χ2n) is 3.32. The summed E-state index contributed by atoms with van der Waals surface area (Å²) in [4.78, 5) is 11.2. The van der Waals surface area contributed by atoms with Crippen molar-refractivity contribution < 1.29 is 9.90 Å². The molecule has 3 heteroatoms. The topological polar surface area (TPSA) is 49.3 Å².